The van der Waals surface area contributed by atoms with Gasteiger partial charge in [-0.1, -0.05) is 49.5 Å². The van der Waals surface area contributed by atoms with Crippen molar-refractivity contribution in [1.82, 2.24) is 4.57 Å². The van der Waals surface area contributed by atoms with Gasteiger partial charge in [0.15, 0.2) is 11.4 Å². The van der Waals surface area contributed by atoms with E-state index in [0.717, 1.165) is 22.6 Å². The van der Waals surface area contributed by atoms with Crippen LogP contribution in [-0.4, -0.2) is 57.7 Å². The molecule has 6 rings (SSSR count). The predicted octanol–water partition coefficient (Wildman–Crippen LogP) is 5.01. The monoisotopic (exact) mass is 654 g/mol. The van der Waals surface area contributed by atoms with Gasteiger partial charge in [0.05, 0.1) is 47.7 Å². The minimum atomic E-state index is -2.29. The maximum Gasteiger partial charge on any atom is 0.297 e. The molecule has 2 aliphatic rings. The summed E-state index contributed by atoms with van der Waals surface area (Å²) >= 11 is 0. The first kappa shape index (κ1) is 32.6. The predicted molar refractivity (Wildman–Crippen MR) is 184 cm³/mol. The van der Waals surface area contributed by atoms with E-state index < -0.39 is 13.7 Å². The molecule has 0 saturated carbocycles. The molecule has 1 spiro atoms. The van der Waals surface area contributed by atoms with Crippen LogP contribution >= 0.6 is 0 Å². The number of aliphatic hydroxyl groups excluding tert-OH is 1. The number of amides is 1. The van der Waals surface area contributed by atoms with Crippen LogP contribution in [-0.2, 0) is 21.7 Å². The summed E-state index contributed by atoms with van der Waals surface area (Å²) in [6, 6.07) is 25.0. The SMILES string of the molecule is COc1ccc([Si](C)(C)[C@H]2[C@H](CCO)O[C@@]3(C(=O)N(Cc4ccc(-n5cccc(OC)c5=O)cc4)c4ccc(OC)cc43)[C@@H]2C)cc1. The van der Waals surface area contributed by atoms with Gasteiger partial charge in [0.2, 0.25) is 0 Å². The van der Waals surface area contributed by atoms with Crippen molar-refractivity contribution in [3.63, 3.8) is 0 Å². The van der Waals surface area contributed by atoms with Crippen LogP contribution in [0, 0.1) is 5.92 Å². The zero-order valence-electron chi connectivity index (χ0n) is 27.7. The van der Waals surface area contributed by atoms with E-state index in [9.17, 15) is 14.7 Å². The van der Waals surface area contributed by atoms with Crippen molar-refractivity contribution in [3.8, 4) is 22.9 Å². The van der Waals surface area contributed by atoms with Crippen molar-refractivity contribution in [2.75, 3.05) is 32.8 Å². The molecule has 4 aromatic rings. The average Bonchev–Trinajstić information content (AvgIpc) is 3.51. The molecular formula is C37H42N2O7Si. The first-order chi connectivity index (χ1) is 22.6. The molecule has 1 aromatic heterocycles. The quantitative estimate of drug-likeness (QED) is 0.240. The highest BCUT2D eigenvalue weighted by atomic mass is 28.3. The Hall–Kier alpha value is -4.38. The number of rotatable bonds is 10. The van der Waals surface area contributed by atoms with E-state index in [1.54, 1.807) is 37.4 Å². The molecule has 0 radical (unpaired) electrons. The van der Waals surface area contributed by atoms with E-state index in [2.05, 4.69) is 32.2 Å². The number of benzene rings is 3. The topological polar surface area (TPSA) is 99.5 Å². The van der Waals surface area contributed by atoms with Gasteiger partial charge in [0.25, 0.3) is 11.5 Å². The maximum atomic E-state index is 14.9. The second-order valence-electron chi connectivity index (χ2n) is 12.9. The number of ether oxygens (including phenoxy) is 4. The summed E-state index contributed by atoms with van der Waals surface area (Å²) in [4.78, 5) is 29.5. The standard InChI is InChI=1S/C37H42N2O7Si/c1-24-34(47(5,6)29-16-13-27(43-2)14-17-29)32(19-21-40)46-37(24)30-22-28(44-3)15-18-31(30)39(36(37)42)23-25-9-11-26(12-10-25)38-20-7-8-33(45-4)35(38)41/h7-18,20,22,24,32,34,40H,19,21,23H2,1-6H3/t24-,32+,34-,37+/m1/s1. The van der Waals surface area contributed by atoms with Crippen LogP contribution in [0.25, 0.3) is 5.69 Å². The third-order valence-electron chi connectivity index (χ3n) is 10.1. The molecule has 0 aliphatic carbocycles. The Morgan fingerprint density at radius 2 is 1.57 bits per heavy atom. The molecule has 9 nitrogen and oxygen atoms in total. The Labute approximate surface area is 276 Å². The van der Waals surface area contributed by atoms with Gasteiger partial charge in [-0.3, -0.25) is 14.2 Å². The lowest BCUT2D eigenvalue weighted by molar-refractivity contribution is -0.146. The van der Waals surface area contributed by atoms with Gasteiger partial charge in [-0.25, -0.2) is 0 Å². The van der Waals surface area contributed by atoms with Crippen LogP contribution in [0.1, 0.15) is 24.5 Å². The van der Waals surface area contributed by atoms with Gasteiger partial charge >= 0.3 is 0 Å². The number of carbonyl (C=O) groups excluding carboxylic acids is 1. The lowest BCUT2D eigenvalue weighted by atomic mass is 9.82. The highest BCUT2D eigenvalue weighted by Crippen LogP contribution is 2.60. The second-order valence-corrected chi connectivity index (χ2v) is 17.5. The molecule has 4 atom stereocenters. The molecule has 246 valence electrons. The Balaban J connectivity index is 1.38. The van der Waals surface area contributed by atoms with E-state index in [1.807, 2.05) is 54.6 Å². The number of fused-ring (bicyclic) bond motifs is 2. The van der Waals surface area contributed by atoms with Crippen molar-refractivity contribution in [2.45, 2.75) is 50.2 Å². The number of pyridine rings is 1. The zero-order chi connectivity index (χ0) is 33.5. The normalized spacial score (nSPS) is 22.1. The third-order valence-corrected chi connectivity index (χ3v) is 14.5. The van der Waals surface area contributed by atoms with Crippen LogP contribution < -0.4 is 29.9 Å². The molecule has 1 N–H and O–H groups in total. The third kappa shape index (κ3) is 5.34. The number of carbonyl (C=O) groups is 1. The van der Waals surface area contributed by atoms with E-state index >= 15 is 0 Å². The van der Waals surface area contributed by atoms with Crippen molar-refractivity contribution in [1.29, 1.82) is 0 Å². The number of anilines is 1. The van der Waals surface area contributed by atoms with Crippen molar-refractivity contribution in [3.05, 3.63) is 107 Å². The maximum absolute atomic E-state index is 14.9. The van der Waals surface area contributed by atoms with Gasteiger partial charge in [-0.2, -0.15) is 0 Å². The molecule has 1 fully saturated rings. The smallest absolute Gasteiger partial charge is 0.297 e. The number of methoxy groups -OCH3 is 3. The number of nitrogens with zero attached hydrogens (tertiary/aromatic N) is 2. The van der Waals surface area contributed by atoms with Crippen LogP contribution in [0.3, 0.4) is 0 Å². The van der Waals surface area contributed by atoms with Gasteiger partial charge in [0, 0.05) is 30.0 Å². The molecular weight excluding hydrogens is 613 g/mol. The molecule has 47 heavy (non-hydrogen) atoms. The summed E-state index contributed by atoms with van der Waals surface area (Å²) in [5, 5.41) is 11.4. The molecule has 1 amide bonds. The summed E-state index contributed by atoms with van der Waals surface area (Å²) in [6.45, 7) is 7.05. The minimum Gasteiger partial charge on any atom is -0.497 e. The first-order valence-electron chi connectivity index (χ1n) is 15.9. The van der Waals surface area contributed by atoms with Crippen molar-refractivity contribution >= 4 is 24.9 Å². The number of hydrogen-bond donors (Lipinski definition) is 1. The fourth-order valence-corrected chi connectivity index (χ4v) is 11.8. The molecule has 10 heteroatoms. The van der Waals surface area contributed by atoms with Crippen molar-refractivity contribution in [2.24, 2.45) is 5.92 Å². The Morgan fingerprint density at radius 3 is 2.21 bits per heavy atom. The molecule has 0 unspecified atom stereocenters. The molecule has 2 aliphatic heterocycles. The summed E-state index contributed by atoms with van der Waals surface area (Å²) < 4.78 is 24.8. The molecule has 3 aromatic carbocycles. The highest BCUT2D eigenvalue weighted by Gasteiger charge is 2.66. The zero-order valence-corrected chi connectivity index (χ0v) is 28.7. The van der Waals surface area contributed by atoms with Gasteiger partial charge < -0.3 is 29.0 Å². The first-order valence-corrected chi connectivity index (χ1v) is 19.0. The number of hydrogen-bond acceptors (Lipinski definition) is 7. The Bertz CT molecular complexity index is 1820. The number of aliphatic hydroxyl groups is 1. The summed E-state index contributed by atoms with van der Waals surface area (Å²) in [5.41, 5.74) is 1.72. The van der Waals surface area contributed by atoms with Crippen LogP contribution in [0.4, 0.5) is 5.69 Å². The van der Waals surface area contributed by atoms with Gasteiger partial charge in [0.1, 0.15) is 11.5 Å². The van der Waals surface area contributed by atoms with Gasteiger partial charge in [-0.05, 0) is 72.1 Å². The van der Waals surface area contributed by atoms with Crippen LogP contribution in [0.15, 0.2) is 89.9 Å². The van der Waals surface area contributed by atoms with E-state index in [1.165, 1.54) is 16.9 Å². The minimum absolute atomic E-state index is 0.0338. The number of aromatic nitrogens is 1. The second kappa shape index (κ2) is 12.7. The summed E-state index contributed by atoms with van der Waals surface area (Å²) in [5.74, 6) is 1.40. The van der Waals surface area contributed by atoms with Crippen molar-refractivity contribution < 1.29 is 28.8 Å². The fraction of sp³-hybridized carbons (Fsp3) is 0.351. The Kier molecular flexibility index (Phi) is 8.77. The lowest BCUT2D eigenvalue weighted by Crippen LogP contribution is -2.51. The largest absolute Gasteiger partial charge is 0.497 e. The molecule has 1 saturated heterocycles. The summed E-state index contributed by atoms with van der Waals surface area (Å²) in [6.07, 6.45) is 1.81. The van der Waals surface area contributed by atoms with Crippen LogP contribution in [0.2, 0.25) is 18.6 Å². The fourth-order valence-electron chi connectivity index (χ4n) is 7.75. The van der Waals surface area contributed by atoms with E-state index in [-0.39, 0.29) is 41.4 Å². The van der Waals surface area contributed by atoms with E-state index in [4.69, 9.17) is 18.9 Å². The Morgan fingerprint density at radius 1 is 0.894 bits per heavy atom. The molecule has 3 heterocycles. The molecule has 0 bridgehead atoms. The van der Waals surface area contributed by atoms with Gasteiger partial charge in [-0.15, -0.1) is 0 Å². The highest BCUT2D eigenvalue weighted by molar-refractivity contribution is 6.91. The summed E-state index contributed by atoms with van der Waals surface area (Å²) in [7, 11) is 2.46. The lowest BCUT2D eigenvalue weighted by Gasteiger charge is -2.37. The van der Waals surface area contributed by atoms with Crippen LogP contribution in [0.5, 0.6) is 17.2 Å². The average molecular weight is 655 g/mol. The van der Waals surface area contributed by atoms with E-state index in [0.29, 0.717) is 24.4 Å².